The normalized spacial score (nSPS) is 17.7. The van der Waals surface area contributed by atoms with E-state index in [0.717, 1.165) is 12.8 Å². The van der Waals surface area contributed by atoms with Gasteiger partial charge in [-0.3, -0.25) is 0 Å². The van der Waals surface area contributed by atoms with Gasteiger partial charge in [0.25, 0.3) is 0 Å². The molecular weight excluding hydrogens is 212 g/mol. The summed E-state index contributed by atoms with van der Waals surface area (Å²) < 4.78 is 5.31. The van der Waals surface area contributed by atoms with E-state index in [0.29, 0.717) is 5.89 Å². The van der Waals surface area contributed by atoms with Gasteiger partial charge in [0, 0.05) is 0 Å². The largest absolute Gasteiger partial charge is 0.411 e. The molecule has 0 spiro atoms. The van der Waals surface area contributed by atoms with Crippen LogP contribution in [0.5, 0.6) is 0 Å². The Bertz CT molecular complexity index is 476. The second-order valence-corrected chi connectivity index (χ2v) is 4.13. The van der Waals surface area contributed by atoms with Crippen LogP contribution in [-0.2, 0) is 5.41 Å². The fourth-order valence-corrected chi connectivity index (χ4v) is 2.02. The predicted octanol–water partition coefficient (Wildman–Crippen LogP) is 2.80. The summed E-state index contributed by atoms with van der Waals surface area (Å²) >= 11 is 5.64. The molecule has 76 valence electrons. The SMILES string of the molecule is Clc1nnc(C2(c3ccccc3)CC2)o1. The molecule has 1 heterocycles. The number of halogens is 1. The smallest absolute Gasteiger partial charge is 0.312 e. The summed E-state index contributed by atoms with van der Waals surface area (Å²) in [5, 5.41) is 7.79. The van der Waals surface area contributed by atoms with Crippen LogP contribution in [0, 0.1) is 0 Å². The molecule has 3 rings (SSSR count). The molecule has 0 amide bonds. The first kappa shape index (κ1) is 8.92. The molecule has 0 bridgehead atoms. The minimum Gasteiger partial charge on any atom is -0.411 e. The Balaban J connectivity index is 2.05. The molecule has 0 aliphatic heterocycles. The van der Waals surface area contributed by atoms with Crippen molar-refractivity contribution >= 4 is 11.6 Å². The van der Waals surface area contributed by atoms with Gasteiger partial charge in [0.1, 0.15) is 0 Å². The quantitative estimate of drug-likeness (QED) is 0.781. The summed E-state index contributed by atoms with van der Waals surface area (Å²) in [5.41, 5.74) is 1.16. The van der Waals surface area contributed by atoms with Crippen molar-refractivity contribution in [3.05, 3.63) is 47.1 Å². The van der Waals surface area contributed by atoms with Crippen LogP contribution in [0.2, 0.25) is 5.35 Å². The fraction of sp³-hybridized carbons (Fsp3) is 0.273. The minimum atomic E-state index is -0.0681. The van der Waals surface area contributed by atoms with E-state index in [1.54, 1.807) is 0 Å². The van der Waals surface area contributed by atoms with Crippen molar-refractivity contribution < 1.29 is 4.42 Å². The zero-order valence-electron chi connectivity index (χ0n) is 7.98. The summed E-state index contributed by atoms with van der Waals surface area (Å²) in [5.74, 6) is 0.638. The average molecular weight is 221 g/mol. The number of rotatable bonds is 2. The topological polar surface area (TPSA) is 38.9 Å². The maximum absolute atomic E-state index is 5.64. The van der Waals surface area contributed by atoms with Gasteiger partial charge in [-0.2, -0.15) is 0 Å². The number of benzene rings is 1. The van der Waals surface area contributed by atoms with E-state index in [9.17, 15) is 0 Å². The van der Waals surface area contributed by atoms with Crippen LogP contribution < -0.4 is 0 Å². The van der Waals surface area contributed by atoms with E-state index >= 15 is 0 Å². The number of hydrogen-bond donors (Lipinski definition) is 0. The first-order chi connectivity index (χ1) is 7.31. The molecule has 1 aromatic carbocycles. The van der Waals surface area contributed by atoms with Gasteiger partial charge in [-0.1, -0.05) is 35.4 Å². The van der Waals surface area contributed by atoms with Gasteiger partial charge in [-0.05, 0) is 30.0 Å². The molecule has 1 aliphatic rings. The Morgan fingerprint density at radius 2 is 1.87 bits per heavy atom. The van der Waals surface area contributed by atoms with Gasteiger partial charge in [0.15, 0.2) is 0 Å². The molecule has 0 saturated heterocycles. The summed E-state index contributed by atoms with van der Waals surface area (Å²) in [6.45, 7) is 0. The van der Waals surface area contributed by atoms with Crippen molar-refractivity contribution in [3.8, 4) is 0 Å². The van der Waals surface area contributed by atoms with E-state index in [-0.39, 0.29) is 10.8 Å². The molecule has 1 aromatic heterocycles. The lowest BCUT2D eigenvalue weighted by Crippen LogP contribution is -2.08. The molecule has 15 heavy (non-hydrogen) atoms. The van der Waals surface area contributed by atoms with Crippen LogP contribution in [0.25, 0.3) is 0 Å². The lowest BCUT2D eigenvalue weighted by Gasteiger charge is -2.09. The molecule has 0 unspecified atom stereocenters. The third kappa shape index (κ3) is 1.35. The molecule has 0 N–H and O–H groups in total. The van der Waals surface area contributed by atoms with Crippen LogP contribution >= 0.6 is 11.6 Å². The fourth-order valence-electron chi connectivity index (χ4n) is 1.91. The standard InChI is InChI=1S/C11H9ClN2O/c12-10-14-13-9(15-10)11(6-7-11)8-4-2-1-3-5-8/h1-5H,6-7H2. The van der Waals surface area contributed by atoms with Gasteiger partial charge in [0.05, 0.1) is 5.41 Å². The van der Waals surface area contributed by atoms with Crippen LogP contribution in [0.15, 0.2) is 34.7 Å². The lowest BCUT2D eigenvalue weighted by atomic mass is 9.96. The Kier molecular flexibility index (Phi) is 1.83. The van der Waals surface area contributed by atoms with E-state index in [1.807, 2.05) is 18.2 Å². The molecule has 2 aromatic rings. The van der Waals surface area contributed by atoms with Gasteiger partial charge in [-0.25, -0.2) is 0 Å². The maximum Gasteiger partial charge on any atom is 0.312 e. The number of hydrogen-bond acceptors (Lipinski definition) is 3. The number of nitrogens with zero attached hydrogens (tertiary/aromatic N) is 2. The van der Waals surface area contributed by atoms with E-state index in [1.165, 1.54) is 5.56 Å². The molecule has 4 heteroatoms. The first-order valence-electron chi connectivity index (χ1n) is 4.86. The molecule has 1 saturated carbocycles. The second kappa shape index (κ2) is 3.07. The van der Waals surface area contributed by atoms with Crippen molar-refractivity contribution in [2.75, 3.05) is 0 Å². The van der Waals surface area contributed by atoms with Crippen LogP contribution in [-0.4, -0.2) is 10.2 Å². The Hall–Kier alpha value is -1.35. The molecule has 0 atom stereocenters. The van der Waals surface area contributed by atoms with Crippen molar-refractivity contribution in [3.63, 3.8) is 0 Å². The van der Waals surface area contributed by atoms with Crippen LogP contribution in [0.4, 0.5) is 0 Å². The summed E-state index contributed by atoms with van der Waals surface area (Å²) in [4.78, 5) is 0. The van der Waals surface area contributed by atoms with Gasteiger partial charge >= 0.3 is 5.35 Å². The van der Waals surface area contributed by atoms with E-state index in [2.05, 4.69) is 22.3 Å². The predicted molar refractivity (Wildman–Crippen MR) is 55.8 cm³/mol. The zero-order chi connectivity index (χ0) is 10.3. The summed E-state index contributed by atoms with van der Waals surface area (Å²) in [6, 6.07) is 10.2. The molecular formula is C11H9ClN2O. The third-order valence-electron chi connectivity index (χ3n) is 2.89. The Morgan fingerprint density at radius 1 is 1.13 bits per heavy atom. The Labute approximate surface area is 92.1 Å². The monoisotopic (exact) mass is 220 g/mol. The van der Waals surface area contributed by atoms with Gasteiger partial charge in [-0.15, -0.1) is 5.10 Å². The molecule has 1 aliphatic carbocycles. The van der Waals surface area contributed by atoms with Crippen molar-refractivity contribution in [1.29, 1.82) is 0 Å². The average Bonchev–Trinajstić information content (AvgIpc) is 2.98. The van der Waals surface area contributed by atoms with Crippen LogP contribution in [0.3, 0.4) is 0 Å². The zero-order valence-corrected chi connectivity index (χ0v) is 8.74. The van der Waals surface area contributed by atoms with Gasteiger partial charge < -0.3 is 4.42 Å². The summed E-state index contributed by atoms with van der Waals surface area (Å²) in [6.07, 6.45) is 2.10. The molecule has 1 fully saturated rings. The summed E-state index contributed by atoms with van der Waals surface area (Å²) in [7, 11) is 0. The maximum atomic E-state index is 5.64. The minimum absolute atomic E-state index is 0.0681. The Morgan fingerprint density at radius 3 is 2.40 bits per heavy atom. The van der Waals surface area contributed by atoms with Crippen molar-refractivity contribution in [1.82, 2.24) is 10.2 Å². The highest BCUT2D eigenvalue weighted by atomic mass is 35.5. The third-order valence-corrected chi connectivity index (χ3v) is 3.04. The highest BCUT2D eigenvalue weighted by Gasteiger charge is 2.50. The van der Waals surface area contributed by atoms with E-state index < -0.39 is 0 Å². The lowest BCUT2D eigenvalue weighted by molar-refractivity contribution is 0.463. The molecule has 0 radical (unpaired) electrons. The molecule has 3 nitrogen and oxygen atoms in total. The van der Waals surface area contributed by atoms with Crippen LogP contribution in [0.1, 0.15) is 24.3 Å². The second-order valence-electron chi connectivity index (χ2n) is 3.81. The first-order valence-corrected chi connectivity index (χ1v) is 5.24. The van der Waals surface area contributed by atoms with Crippen molar-refractivity contribution in [2.45, 2.75) is 18.3 Å². The number of aromatic nitrogens is 2. The van der Waals surface area contributed by atoms with Crippen molar-refractivity contribution in [2.24, 2.45) is 0 Å². The van der Waals surface area contributed by atoms with Gasteiger partial charge in [0.2, 0.25) is 5.89 Å². The highest BCUT2D eigenvalue weighted by Crippen LogP contribution is 2.52. The van der Waals surface area contributed by atoms with E-state index in [4.69, 9.17) is 16.0 Å². The highest BCUT2D eigenvalue weighted by molar-refractivity contribution is 6.27.